The molecule has 4 N–H and O–H groups in total. The molecule has 0 aliphatic rings. The Hall–Kier alpha value is -1.15. The van der Waals surface area contributed by atoms with Crippen LogP contribution in [0, 0.1) is 0 Å². The first kappa shape index (κ1) is 13.8. The fourth-order valence-electron chi connectivity index (χ4n) is 0.925. The van der Waals surface area contributed by atoms with E-state index in [0.717, 1.165) is 0 Å². The summed E-state index contributed by atoms with van der Waals surface area (Å²) in [7, 11) is -3.66. The molecule has 0 aliphatic carbocycles. The Bertz CT molecular complexity index is 337. The Labute approximate surface area is 87.7 Å². The zero-order chi connectivity index (χ0) is 12.1. The third kappa shape index (κ3) is 6.02. The van der Waals surface area contributed by atoms with Gasteiger partial charge >= 0.3 is 5.97 Å². The van der Waals surface area contributed by atoms with Crippen LogP contribution in [0.2, 0.25) is 0 Å². The molecule has 7 nitrogen and oxygen atoms in total. The minimum atomic E-state index is -3.66. The third-order valence-corrected chi connectivity index (χ3v) is 3.09. The van der Waals surface area contributed by atoms with Crippen LogP contribution in [0.1, 0.15) is 19.8 Å². The van der Waals surface area contributed by atoms with Gasteiger partial charge in [-0.05, 0) is 6.42 Å². The number of hydrogen-bond acceptors (Lipinski definition) is 4. The molecule has 0 rings (SSSR count). The summed E-state index contributed by atoms with van der Waals surface area (Å²) in [6.45, 7) is 1.64. The molecule has 0 saturated carbocycles. The van der Waals surface area contributed by atoms with Crippen molar-refractivity contribution in [3.8, 4) is 0 Å². The maximum absolute atomic E-state index is 11.2. The van der Waals surface area contributed by atoms with Gasteiger partial charge in [0.25, 0.3) is 0 Å². The first-order valence-electron chi connectivity index (χ1n) is 4.29. The van der Waals surface area contributed by atoms with Gasteiger partial charge in [-0.25, -0.2) is 13.1 Å². The van der Waals surface area contributed by atoms with Crippen LogP contribution in [0.15, 0.2) is 0 Å². The maximum atomic E-state index is 11.2. The number of amides is 1. The molecule has 1 amide bonds. The quantitative estimate of drug-likeness (QED) is 0.505. The zero-order valence-electron chi connectivity index (χ0n) is 8.26. The van der Waals surface area contributed by atoms with Crippen LogP contribution in [-0.2, 0) is 19.6 Å². The highest BCUT2D eigenvalue weighted by atomic mass is 32.2. The van der Waals surface area contributed by atoms with Crippen LogP contribution in [-0.4, -0.2) is 37.2 Å². The number of nitrogens with one attached hydrogen (secondary N) is 1. The third-order valence-electron chi connectivity index (χ3n) is 1.50. The van der Waals surface area contributed by atoms with Crippen LogP contribution < -0.4 is 10.5 Å². The number of sulfonamides is 1. The van der Waals surface area contributed by atoms with E-state index in [2.05, 4.69) is 0 Å². The predicted octanol–water partition coefficient (Wildman–Crippen LogP) is -1.36. The second-order valence-electron chi connectivity index (χ2n) is 3.00. The first-order chi connectivity index (χ1) is 6.78. The van der Waals surface area contributed by atoms with E-state index in [1.54, 1.807) is 6.92 Å². The van der Waals surface area contributed by atoms with E-state index in [4.69, 9.17) is 10.8 Å². The van der Waals surface area contributed by atoms with Gasteiger partial charge in [-0.3, -0.25) is 9.59 Å². The van der Waals surface area contributed by atoms with E-state index in [0.29, 0.717) is 6.42 Å². The molecule has 0 unspecified atom stereocenters. The van der Waals surface area contributed by atoms with Crippen molar-refractivity contribution < 1.29 is 23.1 Å². The topological polar surface area (TPSA) is 127 Å². The standard InChI is InChI=1S/C7H14N2O5S/c1-2-3-15(13,14)9-5(7(11)12)4-6(8)10/h5,9H,2-4H2,1H3,(H2,8,10)(H,11,12)/t5-/m0/s1. The van der Waals surface area contributed by atoms with E-state index in [1.165, 1.54) is 0 Å². The number of aliphatic carboxylic acids is 1. The monoisotopic (exact) mass is 238 g/mol. The van der Waals surface area contributed by atoms with Crippen LogP contribution >= 0.6 is 0 Å². The molecule has 0 radical (unpaired) electrons. The fourth-order valence-corrected chi connectivity index (χ4v) is 2.20. The Morgan fingerprint density at radius 3 is 2.33 bits per heavy atom. The molecule has 8 heteroatoms. The predicted molar refractivity (Wildman–Crippen MR) is 52.4 cm³/mol. The smallest absolute Gasteiger partial charge is 0.322 e. The van der Waals surface area contributed by atoms with Gasteiger partial charge < -0.3 is 10.8 Å². The summed E-state index contributed by atoms with van der Waals surface area (Å²) in [6, 6.07) is -1.49. The molecule has 0 aromatic rings. The van der Waals surface area contributed by atoms with Gasteiger partial charge in [0, 0.05) is 0 Å². The number of rotatable bonds is 7. The van der Waals surface area contributed by atoms with Gasteiger partial charge in [0.1, 0.15) is 6.04 Å². The second kappa shape index (κ2) is 5.66. The van der Waals surface area contributed by atoms with E-state index in [9.17, 15) is 18.0 Å². The van der Waals surface area contributed by atoms with E-state index in [-0.39, 0.29) is 5.75 Å². The number of hydrogen-bond donors (Lipinski definition) is 3. The van der Waals surface area contributed by atoms with Crippen molar-refractivity contribution in [3.63, 3.8) is 0 Å². The highest BCUT2D eigenvalue weighted by Crippen LogP contribution is 1.97. The second-order valence-corrected chi connectivity index (χ2v) is 4.87. The number of carbonyl (C=O) groups is 2. The minimum Gasteiger partial charge on any atom is -0.480 e. The number of carboxylic acids is 1. The van der Waals surface area contributed by atoms with Crippen LogP contribution in [0.4, 0.5) is 0 Å². The van der Waals surface area contributed by atoms with Crippen molar-refractivity contribution in [2.75, 3.05) is 5.75 Å². The lowest BCUT2D eigenvalue weighted by atomic mass is 10.2. The Morgan fingerprint density at radius 1 is 1.47 bits per heavy atom. The minimum absolute atomic E-state index is 0.185. The first-order valence-corrected chi connectivity index (χ1v) is 5.95. The summed E-state index contributed by atoms with van der Waals surface area (Å²) >= 11 is 0. The Morgan fingerprint density at radius 2 is 2.00 bits per heavy atom. The zero-order valence-corrected chi connectivity index (χ0v) is 9.08. The summed E-state index contributed by atoms with van der Waals surface area (Å²) in [5, 5.41) is 8.62. The number of nitrogens with two attached hydrogens (primary N) is 1. The number of carboxylic acid groups (broad SMARTS) is 1. The normalized spacial score (nSPS) is 13.4. The summed E-state index contributed by atoms with van der Waals surface area (Å²) in [5.41, 5.74) is 4.79. The molecule has 0 bridgehead atoms. The highest BCUT2D eigenvalue weighted by Gasteiger charge is 2.24. The molecule has 0 saturated heterocycles. The molecule has 0 heterocycles. The molecule has 0 aromatic carbocycles. The summed E-state index contributed by atoms with van der Waals surface area (Å²) in [5.74, 6) is -2.48. The van der Waals surface area contributed by atoms with E-state index >= 15 is 0 Å². The fraction of sp³-hybridized carbons (Fsp3) is 0.714. The molecule has 0 spiro atoms. The molecule has 1 atom stereocenters. The Balaban J connectivity index is 4.55. The maximum Gasteiger partial charge on any atom is 0.322 e. The van der Waals surface area contributed by atoms with Crippen molar-refractivity contribution in [1.82, 2.24) is 4.72 Å². The van der Waals surface area contributed by atoms with Crippen molar-refractivity contribution in [3.05, 3.63) is 0 Å². The SMILES string of the molecule is CCCS(=O)(=O)N[C@@H](CC(N)=O)C(=O)O. The van der Waals surface area contributed by atoms with Crippen molar-refractivity contribution in [2.24, 2.45) is 5.73 Å². The molecule has 0 aliphatic heterocycles. The van der Waals surface area contributed by atoms with Gasteiger partial charge in [-0.15, -0.1) is 0 Å². The lowest BCUT2D eigenvalue weighted by Gasteiger charge is -2.12. The van der Waals surface area contributed by atoms with Gasteiger partial charge in [-0.2, -0.15) is 0 Å². The van der Waals surface area contributed by atoms with Crippen LogP contribution in [0.25, 0.3) is 0 Å². The van der Waals surface area contributed by atoms with Crippen LogP contribution in [0.5, 0.6) is 0 Å². The van der Waals surface area contributed by atoms with Crippen molar-refractivity contribution in [1.29, 1.82) is 0 Å². The van der Waals surface area contributed by atoms with Gasteiger partial charge in [0.15, 0.2) is 0 Å². The molecular formula is C7H14N2O5S. The lowest BCUT2D eigenvalue weighted by molar-refractivity contribution is -0.140. The summed E-state index contributed by atoms with van der Waals surface area (Å²) in [4.78, 5) is 21.1. The highest BCUT2D eigenvalue weighted by molar-refractivity contribution is 7.89. The molecule has 88 valence electrons. The molecular weight excluding hydrogens is 224 g/mol. The van der Waals surface area contributed by atoms with E-state index < -0.39 is 34.4 Å². The molecule has 0 aromatic heterocycles. The molecule has 0 fully saturated rings. The van der Waals surface area contributed by atoms with E-state index in [1.807, 2.05) is 4.72 Å². The number of carbonyl (C=O) groups excluding carboxylic acids is 1. The lowest BCUT2D eigenvalue weighted by Crippen LogP contribution is -2.44. The summed E-state index contributed by atoms with van der Waals surface area (Å²) < 4.78 is 24.3. The van der Waals surface area contributed by atoms with Crippen molar-refractivity contribution in [2.45, 2.75) is 25.8 Å². The average molecular weight is 238 g/mol. The van der Waals surface area contributed by atoms with Gasteiger partial charge in [-0.1, -0.05) is 6.92 Å². The summed E-state index contributed by atoms with van der Waals surface area (Å²) in [6.07, 6.45) is -0.198. The van der Waals surface area contributed by atoms with Gasteiger partial charge in [0.2, 0.25) is 15.9 Å². The largest absolute Gasteiger partial charge is 0.480 e. The number of primary amides is 1. The van der Waals surface area contributed by atoms with Crippen LogP contribution in [0.3, 0.4) is 0 Å². The Kier molecular flexibility index (Phi) is 5.23. The average Bonchev–Trinajstić information content (AvgIpc) is 2.00. The van der Waals surface area contributed by atoms with Gasteiger partial charge in [0.05, 0.1) is 12.2 Å². The van der Waals surface area contributed by atoms with Crippen molar-refractivity contribution >= 4 is 21.9 Å². The molecule has 15 heavy (non-hydrogen) atoms.